The smallest absolute Gasteiger partial charge is 0.222 e. The number of carbonyl (C=O) groups excluding carboxylic acids is 1. The van der Waals surface area contributed by atoms with E-state index in [0.29, 0.717) is 12.3 Å². The van der Waals surface area contributed by atoms with Crippen molar-refractivity contribution in [3.05, 3.63) is 35.4 Å². The van der Waals surface area contributed by atoms with E-state index < -0.39 is 0 Å². The van der Waals surface area contributed by atoms with Gasteiger partial charge in [-0.05, 0) is 28.9 Å². The molecule has 1 saturated heterocycles. The summed E-state index contributed by atoms with van der Waals surface area (Å²) >= 11 is 0. The van der Waals surface area contributed by atoms with Crippen molar-refractivity contribution < 1.29 is 9.63 Å². The van der Waals surface area contributed by atoms with Gasteiger partial charge in [0.15, 0.2) is 0 Å². The number of likely N-dealkylation sites (tertiary alicyclic amines) is 1. The second-order valence-electron chi connectivity index (χ2n) is 9.63. The van der Waals surface area contributed by atoms with Crippen LogP contribution in [0.3, 0.4) is 0 Å². The van der Waals surface area contributed by atoms with E-state index in [1.165, 1.54) is 5.56 Å². The molecule has 0 saturated carbocycles. The van der Waals surface area contributed by atoms with Gasteiger partial charge < -0.3 is 9.74 Å². The summed E-state index contributed by atoms with van der Waals surface area (Å²) < 4.78 is 0. The normalized spacial score (nSPS) is 19.3. The zero-order valence-electron chi connectivity index (χ0n) is 17.5. The Morgan fingerprint density at radius 1 is 1.19 bits per heavy atom. The summed E-state index contributed by atoms with van der Waals surface area (Å²) in [6.07, 6.45) is 4.21. The second kappa shape index (κ2) is 7.65. The molecule has 0 unspecified atom stereocenters. The number of piperidine rings is 1. The summed E-state index contributed by atoms with van der Waals surface area (Å²) in [5.41, 5.74) is 3.45. The molecule has 0 atom stereocenters. The Balaban J connectivity index is 1.56. The maximum Gasteiger partial charge on any atom is 0.222 e. The van der Waals surface area contributed by atoms with Crippen LogP contribution in [0.2, 0.25) is 0 Å². The van der Waals surface area contributed by atoms with Crippen LogP contribution in [-0.4, -0.2) is 35.2 Å². The van der Waals surface area contributed by atoms with Gasteiger partial charge in [-0.2, -0.15) is 0 Å². The zero-order valence-corrected chi connectivity index (χ0v) is 17.5. The van der Waals surface area contributed by atoms with Gasteiger partial charge in [0.25, 0.3) is 0 Å². The van der Waals surface area contributed by atoms with Gasteiger partial charge in [-0.3, -0.25) is 4.79 Å². The van der Waals surface area contributed by atoms with Crippen LogP contribution in [0, 0.1) is 5.92 Å². The van der Waals surface area contributed by atoms with Gasteiger partial charge in [-0.1, -0.05) is 64.0 Å². The number of oxime groups is 1. The third kappa shape index (κ3) is 4.72. The first kappa shape index (κ1) is 19.9. The predicted molar refractivity (Wildman–Crippen MR) is 110 cm³/mol. The molecular weight excluding hydrogens is 336 g/mol. The fraction of sp³-hybridized carbons (Fsp3) is 0.652. The van der Waals surface area contributed by atoms with Gasteiger partial charge >= 0.3 is 0 Å². The zero-order chi connectivity index (χ0) is 19.7. The quantitative estimate of drug-likeness (QED) is 0.756. The molecule has 148 valence electrons. The fourth-order valence-corrected chi connectivity index (χ4v) is 3.84. The molecule has 4 nitrogen and oxygen atoms in total. The van der Waals surface area contributed by atoms with Crippen molar-refractivity contribution in [3.8, 4) is 0 Å². The Kier molecular flexibility index (Phi) is 5.64. The molecule has 0 aromatic heterocycles. The van der Waals surface area contributed by atoms with Crippen LogP contribution >= 0.6 is 0 Å². The van der Waals surface area contributed by atoms with Gasteiger partial charge in [-0.15, -0.1) is 0 Å². The third-order valence-corrected chi connectivity index (χ3v) is 5.89. The highest BCUT2D eigenvalue weighted by Gasteiger charge is 2.43. The van der Waals surface area contributed by atoms with E-state index in [2.05, 4.69) is 64.0 Å². The number of hydrogen-bond acceptors (Lipinski definition) is 3. The molecule has 1 aromatic rings. The highest BCUT2D eigenvalue weighted by atomic mass is 16.7. The largest absolute Gasteiger partial charge is 0.388 e. The van der Waals surface area contributed by atoms with E-state index in [-0.39, 0.29) is 16.9 Å². The molecule has 0 aliphatic carbocycles. The molecule has 1 aromatic carbocycles. The molecule has 1 fully saturated rings. The lowest BCUT2D eigenvalue weighted by Gasteiger charge is -2.37. The van der Waals surface area contributed by atoms with Crippen molar-refractivity contribution in [2.24, 2.45) is 11.1 Å². The monoisotopic (exact) mass is 370 g/mol. The molecule has 0 radical (unpaired) electrons. The molecule has 2 aliphatic heterocycles. The van der Waals surface area contributed by atoms with E-state index in [4.69, 9.17) is 4.84 Å². The molecule has 1 spiro atoms. The number of rotatable bonds is 4. The van der Waals surface area contributed by atoms with Crippen molar-refractivity contribution in [1.82, 2.24) is 4.90 Å². The fourth-order valence-electron chi connectivity index (χ4n) is 3.84. The number of nitrogens with zero attached hydrogens (tertiary/aromatic N) is 2. The number of hydrogen-bond donors (Lipinski definition) is 0. The number of carbonyl (C=O) groups is 1. The summed E-state index contributed by atoms with van der Waals surface area (Å²) in [6.45, 7) is 12.6. The predicted octanol–water partition coefficient (Wildman–Crippen LogP) is 4.91. The Hall–Kier alpha value is -1.84. The molecule has 2 heterocycles. The van der Waals surface area contributed by atoms with E-state index >= 15 is 0 Å². The Morgan fingerprint density at radius 3 is 2.37 bits per heavy atom. The summed E-state index contributed by atoms with van der Waals surface area (Å²) in [5, 5.41) is 4.42. The Morgan fingerprint density at radius 2 is 1.81 bits per heavy atom. The average molecular weight is 371 g/mol. The molecule has 3 rings (SSSR count). The molecule has 0 bridgehead atoms. The molecule has 0 N–H and O–H groups in total. The summed E-state index contributed by atoms with van der Waals surface area (Å²) in [4.78, 5) is 20.3. The highest BCUT2D eigenvalue weighted by Crippen LogP contribution is 2.36. The lowest BCUT2D eigenvalue weighted by Crippen LogP contribution is -2.46. The SMILES string of the molecule is CC(C)CCC(=O)N1CCC2(CC1)CC(c1ccc(C(C)(C)C)cc1)=NO2. The van der Waals surface area contributed by atoms with Gasteiger partial charge in [0.1, 0.15) is 5.60 Å². The topological polar surface area (TPSA) is 41.9 Å². The van der Waals surface area contributed by atoms with E-state index in [0.717, 1.165) is 50.0 Å². The average Bonchev–Trinajstić information content (AvgIpc) is 3.03. The van der Waals surface area contributed by atoms with Crippen LogP contribution in [0.15, 0.2) is 29.4 Å². The minimum atomic E-state index is -0.215. The first-order chi connectivity index (χ1) is 12.7. The maximum absolute atomic E-state index is 12.4. The summed E-state index contributed by atoms with van der Waals surface area (Å²) in [7, 11) is 0. The Bertz CT molecular complexity index is 690. The Labute approximate surface area is 164 Å². The van der Waals surface area contributed by atoms with Gasteiger partial charge in [0.05, 0.1) is 5.71 Å². The maximum atomic E-state index is 12.4. The van der Waals surface area contributed by atoms with Gasteiger partial charge in [0, 0.05) is 38.8 Å². The van der Waals surface area contributed by atoms with Crippen LogP contribution in [0.25, 0.3) is 0 Å². The van der Waals surface area contributed by atoms with Crippen LogP contribution in [0.1, 0.15) is 77.8 Å². The van der Waals surface area contributed by atoms with Crippen LogP contribution in [0.4, 0.5) is 0 Å². The molecular formula is C23H34N2O2. The standard InChI is InChI=1S/C23H34N2O2/c1-17(2)6-11-21(26)25-14-12-23(13-15-25)16-20(24-27-23)18-7-9-19(10-8-18)22(3,4)5/h7-10,17H,6,11-16H2,1-5H3. The van der Waals surface area contributed by atoms with Crippen molar-refractivity contribution in [3.63, 3.8) is 0 Å². The van der Waals surface area contributed by atoms with Gasteiger partial charge in [0.2, 0.25) is 5.91 Å². The van der Waals surface area contributed by atoms with Gasteiger partial charge in [-0.25, -0.2) is 0 Å². The molecule has 27 heavy (non-hydrogen) atoms. The second-order valence-corrected chi connectivity index (χ2v) is 9.63. The van der Waals surface area contributed by atoms with E-state index in [1.54, 1.807) is 0 Å². The summed E-state index contributed by atoms with van der Waals surface area (Å²) in [6, 6.07) is 8.70. The van der Waals surface area contributed by atoms with E-state index in [9.17, 15) is 4.79 Å². The van der Waals surface area contributed by atoms with Crippen molar-refractivity contribution in [2.45, 2.75) is 77.7 Å². The van der Waals surface area contributed by atoms with Crippen LogP contribution in [-0.2, 0) is 15.0 Å². The lowest BCUT2D eigenvalue weighted by molar-refractivity contribution is -0.137. The first-order valence-electron chi connectivity index (χ1n) is 10.3. The van der Waals surface area contributed by atoms with Crippen molar-refractivity contribution >= 4 is 11.6 Å². The lowest BCUT2D eigenvalue weighted by atomic mass is 9.83. The minimum Gasteiger partial charge on any atom is -0.388 e. The van der Waals surface area contributed by atoms with E-state index in [1.807, 2.05) is 4.90 Å². The third-order valence-electron chi connectivity index (χ3n) is 5.89. The number of amides is 1. The van der Waals surface area contributed by atoms with Crippen molar-refractivity contribution in [1.29, 1.82) is 0 Å². The number of benzene rings is 1. The van der Waals surface area contributed by atoms with Crippen molar-refractivity contribution in [2.75, 3.05) is 13.1 Å². The molecule has 4 heteroatoms. The molecule has 1 amide bonds. The van der Waals surface area contributed by atoms with Crippen LogP contribution < -0.4 is 0 Å². The minimum absolute atomic E-state index is 0.155. The van der Waals surface area contributed by atoms with Crippen LogP contribution in [0.5, 0.6) is 0 Å². The summed E-state index contributed by atoms with van der Waals surface area (Å²) in [5.74, 6) is 0.860. The molecule has 2 aliphatic rings. The highest BCUT2D eigenvalue weighted by molar-refractivity contribution is 6.01. The first-order valence-corrected chi connectivity index (χ1v) is 10.3.